The van der Waals surface area contributed by atoms with Crippen molar-refractivity contribution in [3.8, 4) is 0 Å². The molecule has 118 valence electrons. The van der Waals surface area contributed by atoms with E-state index in [0.29, 0.717) is 12.5 Å². The van der Waals surface area contributed by atoms with Crippen LogP contribution < -0.4 is 11.1 Å². The van der Waals surface area contributed by atoms with E-state index in [1.807, 2.05) is 17.1 Å². The molecule has 3 rings (SSSR count). The number of nitrogens with two attached hydrogens (primary N) is 1. The smallest absolute Gasteiger partial charge is 0.193 e. The summed E-state index contributed by atoms with van der Waals surface area (Å²) in [5, 5.41) is 7.39. The van der Waals surface area contributed by atoms with Crippen molar-refractivity contribution < 1.29 is 0 Å². The Bertz CT molecular complexity index is 662. The number of anilines is 1. The molecule has 0 saturated heterocycles. The van der Waals surface area contributed by atoms with Crippen LogP contribution in [0, 0.1) is 0 Å². The molecule has 2 aromatic rings. The van der Waals surface area contributed by atoms with Gasteiger partial charge in [-0.25, -0.2) is 4.99 Å². The highest BCUT2D eigenvalue weighted by atomic mass is 127. The van der Waals surface area contributed by atoms with Crippen molar-refractivity contribution in [1.29, 1.82) is 0 Å². The normalized spacial score (nSPS) is 13.6. The zero-order valence-corrected chi connectivity index (χ0v) is 15.1. The molecule has 0 unspecified atom stereocenters. The van der Waals surface area contributed by atoms with Crippen LogP contribution >= 0.6 is 24.0 Å². The summed E-state index contributed by atoms with van der Waals surface area (Å²) in [6.07, 6.45) is 7.43. The highest BCUT2D eigenvalue weighted by Crippen LogP contribution is 2.24. The van der Waals surface area contributed by atoms with E-state index >= 15 is 0 Å². The van der Waals surface area contributed by atoms with Crippen LogP contribution in [0.15, 0.2) is 35.6 Å². The summed E-state index contributed by atoms with van der Waals surface area (Å²) in [5.74, 6) is 0.442. The minimum Gasteiger partial charge on any atom is -0.370 e. The molecule has 1 aliphatic carbocycles. The first kappa shape index (κ1) is 16.8. The number of guanidine groups is 1. The standard InChI is InChI=1S/C16H21N5.HI/c1-2-21-11-12(10-19-21)9-18-16(17)20-15-7-6-13-4-3-5-14(13)8-15;/h6-8,10-11H,2-5,9H2,1H3,(H3,17,18,20);1H. The molecular formula is C16H22IN5. The van der Waals surface area contributed by atoms with Gasteiger partial charge < -0.3 is 11.1 Å². The second-order valence-corrected chi connectivity index (χ2v) is 5.37. The molecule has 0 amide bonds. The number of halogens is 1. The van der Waals surface area contributed by atoms with Gasteiger partial charge in [0.2, 0.25) is 0 Å². The van der Waals surface area contributed by atoms with Crippen LogP contribution in [0.1, 0.15) is 30.0 Å². The molecule has 1 aromatic heterocycles. The van der Waals surface area contributed by atoms with Crippen molar-refractivity contribution in [2.24, 2.45) is 10.7 Å². The second-order valence-electron chi connectivity index (χ2n) is 5.37. The van der Waals surface area contributed by atoms with Crippen LogP contribution in [-0.4, -0.2) is 15.7 Å². The number of hydrogen-bond donors (Lipinski definition) is 2. The maximum absolute atomic E-state index is 5.95. The van der Waals surface area contributed by atoms with E-state index in [0.717, 1.165) is 24.2 Å². The Kier molecular flexibility index (Phi) is 5.82. The van der Waals surface area contributed by atoms with Gasteiger partial charge in [-0.1, -0.05) is 6.07 Å². The average molecular weight is 411 g/mol. The van der Waals surface area contributed by atoms with Crippen molar-refractivity contribution >= 4 is 35.6 Å². The Labute approximate surface area is 148 Å². The molecule has 0 spiro atoms. The molecule has 22 heavy (non-hydrogen) atoms. The third kappa shape index (κ3) is 4.00. The number of aromatic nitrogens is 2. The lowest BCUT2D eigenvalue weighted by Gasteiger charge is -2.07. The first-order valence-corrected chi connectivity index (χ1v) is 7.44. The highest BCUT2D eigenvalue weighted by molar-refractivity contribution is 14.0. The van der Waals surface area contributed by atoms with E-state index in [-0.39, 0.29) is 24.0 Å². The lowest BCUT2D eigenvalue weighted by molar-refractivity contribution is 0.659. The van der Waals surface area contributed by atoms with Crippen LogP contribution in [-0.2, 0) is 25.9 Å². The molecule has 0 saturated carbocycles. The van der Waals surface area contributed by atoms with Crippen molar-refractivity contribution in [2.45, 2.75) is 39.3 Å². The summed E-state index contributed by atoms with van der Waals surface area (Å²) in [6, 6.07) is 6.44. The Balaban J connectivity index is 0.00000176. The van der Waals surface area contributed by atoms with E-state index in [1.165, 1.54) is 24.0 Å². The monoisotopic (exact) mass is 411 g/mol. The molecule has 1 aromatic carbocycles. The molecule has 1 heterocycles. The lowest BCUT2D eigenvalue weighted by Crippen LogP contribution is -2.22. The van der Waals surface area contributed by atoms with Gasteiger partial charge in [-0.3, -0.25) is 4.68 Å². The number of aryl methyl sites for hydroxylation is 3. The molecule has 5 nitrogen and oxygen atoms in total. The molecule has 0 atom stereocenters. The van der Waals surface area contributed by atoms with Crippen molar-refractivity contribution in [2.75, 3.05) is 5.32 Å². The van der Waals surface area contributed by atoms with E-state index in [9.17, 15) is 0 Å². The van der Waals surface area contributed by atoms with Crippen LogP contribution in [0.25, 0.3) is 0 Å². The maximum atomic E-state index is 5.95. The number of fused-ring (bicyclic) bond motifs is 1. The molecule has 1 aliphatic rings. The topological polar surface area (TPSA) is 68.2 Å². The summed E-state index contributed by atoms with van der Waals surface area (Å²) >= 11 is 0. The van der Waals surface area contributed by atoms with Gasteiger partial charge >= 0.3 is 0 Å². The fraction of sp³-hybridized carbons (Fsp3) is 0.375. The predicted octanol–water partition coefficient (Wildman–Crippen LogP) is 2.94. The third-order valence-electron chi connectivity index (χ3n) is 3.81. The van der Waals surface area contributed by atoms with Crippen LogP contribution in [0.4, 0.5) is 5.69 Å². The van der Waals surface area contributed by atoms with E-state index in [1.54, 1.807) is 0 Å². The maximum Gasteiger partial charge on any atom is 0.193 e. The number of aliphatic imine (C=N–C) groups is 1. The van der Waals surface area contributed by atoms with Gasteiger partial charge in [0.1, 0.15) is 0 Å². The largest absolute Gasteiger partial charge is 0.370 e. The van der Waals surface area contributed by atoms with Gasteiger partial charge in [0.15, 0.2) is 5.96 Å². The predicted molar refractivity (Wildman–Crippen MR) is 101 cm³/mol. The van der Waals surface area contributed by atoms with Crippen molar-refractivity contribution in [3.05, 3.63) is 47.3 Å². The quantitative estimate of drug-likeness (QED) is 0.462. The number of rotatable bonds is 4. The minimum atomic E-state index is 0. The molecule has 0 bridgehead atoms. The van der Waals surface area contributed by atoms with Gasteiger partial charge in [0, 0.05) is 24.0 Å². The molecule has 6 heteroatoms. The number of nitrogens with one attached hydrogen (secondary N) is 1. The summed E-state index contributed by atoms with van der Waals surface area (Å²) in [5.41, 5.74) is 10.9. The lowest BCUT2D eigenvalue weighted by atomic mass is 10.1. The number of nitrogens with zero attached hydrogens (tertiary/aromatic N) is 3. The summed E-state index contributed by atoms with van der Waals surface area (Å²) < 4.78 is 1.88. The highest BCUT2D eigenvalue weighted by Gasteiger charge is 2.10. The fourth-order valence-electron chi connectivity index (χ4n) is 2.67. The number of hydrogen-bond acceptors (Lipinski definition) is 2. The van der Waals surface area contributed by atoms with Crippen molar-refractivity contribution in [1.82, 2.24) is 9.78 Å². The average Bonchev–Trinajstić information content (AvgIpc) is 3.13. The second kappa shape index (κ2) is 7.62. The zero-order chi connectivity index (χ0) is 14.7. The van der Waals surface area contributed by atoms with Gasteiger partial charge in [-0.2, -0.15) is 5.10 Å². The first-order chi connectivity index (χ1) is 10.2. The SMILES string of the molecule is CCn1cc(CN=C(N)Nc2ccc3c(c2)CCC3)cn1.I. The van der Waals surface area contributed by atoms with Gasteiger partial charge in [0.25, 0.3) is 0 Å². The first-order valence-electron chi connectivity index (χ1n) is 7.44. The summed E-state index contributed by atoms with van der Waals surface area (Å²) in [4.78, 5) is 4.36. The van der Waals surface area contributed by atoms with Gasteiger partial charge in [-0.05, 0) is 49.4 Å². The van der Waals surface area contributed by atoms with Gasteiger partial charge in [-0.15, -0.1) is 24.0 Å². The van der Waals surface area contributed by atoms with Crippen LogP contribution in [0.5, 0.6) is 0 Å². The molecule has 0 fully saturated rings. The summed E-state index contributed by atoms with van der Waals surface area (Å²) in [7, 11) is 0. The van der Waals surface area contributed by atoms with Crippen LogP contribution in [0.2, 0.25) is 0 Å². The molecule has 0 radical (unpaired) electrons. The van der Waals surface area contributed by atoms with E-state index in [4.69, 9.17) is 5.73 Å². The van der Waals surface area contributed by atoms with Crippen molar-refractivity contribution in [3.63, 3.8) is 0 Å². The van der Waals surface area contributed by atoms with E-state index < -0.39 is 0 Å². The fourth-order valence-corrected chi connectivity index (χ4v) is 2.67. The zero-order valence-electron chi connectivity index (χ0n) is 12.7. The summed E-state index contributed by atoms with van der Waals surface area (Å²) in [6.45, 7) is 3.47. The Hall–Kier alpha value is -1.57. The van der Waals surface area contributed by atoms with E-state index in [2.05, 4.69) is 40.5 Å². The Morgan fingerprint density at radius 1 is 1.36 bits per heavy atom. The molecular weight excluding hydrogens is 389 g/mol. The third-order valence-corrected chi connectivity index (χ3v) is 3.81. The molecule has 0 aliphatic heterocycles. The Morgan fingerprint density at radius 2 is 2.18 bits per heavy atom. The molecule has 3 N–H and O–H groups in total. The van der Waals surface area contributed by atoms with Crippen LogP contribution in [0.3, 0.4) is 0 Å². The minimum absolute atomic E-state index is 0. The Morgan fingerprint density at radius 3 is 2.95 bits per heavy atom. The number of benzene rings is 1. The van der Waals surface area contributed by atoms with Gasteiger partial charge in [0.05, 0.1) is 12.7 Å².